The molecule has 1 aromatic carbocycles. The number of carbonyl (C=O) groups is 1. The normalized spacial score (nSPS) is 14.8. The molecule has 2 rings (SSSR count). The van der Waals surface area contributed by atoms with Gasteiger partial charge in [0, 0.05) is 25.9 Å². The lowest BCUT2D eigenvalue weighted by molar-refractivity contribution is -0.136. The molecule has 0 spiro atoms. The van der Waals surface area contributed by atoms with E-state index >= 15 is 0 Å². The van der Waals surface area contributed by atoms with Gasteiger partial charge in [-0.3, -0.25) is 0 Å². The van der Waals surface area contributed by atoms with Crippen molar-refractivity contribution in [3.63, 3.8) is 0 Å². The molecule has 0 aromatic heterocycles. The van der Waals surface area contributed by atoms with E-state index in [1.165, 1.54) is 25.5 Å². The third-order valence-electron chi connectivity index (χ3n) is 3.05. The van der Waals surface area contributed by atoms with Crippen LogP contribution in [0.5, 0.6) is 0 Å². The van der Waals surface area contributed by atoms with Crippen molar-refractivity contribution in [2.45, 2.75) is 12.6 Å². The number of hydrogen-bond donors (Lipinski definition) is 1. The highest BCUT2D eigenvalue weighted by Gasteiger charge is 2.35. The van der Waals surface area contributed by atoms with E-state index < -0.39 is 17.8 Å². The first-order valence-electron chi connectivity index (χ1n) is 6.87. The van der Waals surface area contributed by atoms with Crippen LogP contribution in [0.1, 0.15) is 12.0 Å². The Labute approximate surface area is 130 Å². The van der Waals surface area contributed by atoms with Crippen LogP contribution in [0.2, 0.25) is 0 Å². The van der Waals surface area contributed by atoms with Crippen LogP contribution in [0.4, 0.5) is 29.3 Å². The summed E-state index contributed by atoms with van der Waals surface area (Å²) in [6.07, 6.45) is -3.52. The Kier molecular flexibility index (Phi) is 5.43. The summed E-state index contributed by atoms with van der Waals surface area (Å²) in [6, 6.07) is 3.50. The zero-order valence-corrected chi connectivity index (χ0v) is 12.4. The zero-order chi connectivity index (χ0) is 16.9. The van der Waals surface area contributed by atoms with E-state index in [1.807, 2.05) is 0 Å². The van der Waals surface area contributed by atoms with Crippen LogP contribution >= 0.6 is 0 Å². The average molecular weight is 331 g/mol. The number of ether oxygens (including phenoxy) is 2. The number of hydrogen-bond acceptors (Lipinski definition) is 5. The fraction of sp³-hybridized carbons (Fsp3) is 0.429. The zero-order valence-electron chi connectivity index (χ0n) is 12.4. The second kappa shape index (κ2) is 7.32. The second-order valence-electron chi connectivity index (χ2n) is 4.69. The van der Waals surface area contributed by atoms with Crippen molar-refractivity contribution < 1.29 is 27.4 Å². The largest absolute Gasteiger partial charge is 0.442 e. The van der Waals surface area contributed by atoms with Gasteiger partial charge in [0.15, 0.2) is 0 Å². The third kappa shape index (κ3) is 4.35. The van der Waals surface area contributed by atoms with Gasteiger partial charge in [-0.1, -0.05) is 0 Å². The molecule has 0 unspecified atom stereocenters. The minimum absolute atomic E-state index is 0.000595. The standard InChI is InChI=1S/C14H16F3N3O3/c1-22-7-2-5-18-12-4-3-10(9-11(12)14(15,16)17)20-13(21)23-8-6-19-20/h3-4,6,9,18H,2,5,7-8H2,1H3. The Morgan fingerprint density at radius 1 is 1.43 bits per heavy atom. The van der Waals surface area contributed by atoms with E-state index in [4.69, 9.17) is 9.47 Å². The Morgan fingerprint density at radius 2 is 2.22 bits per heavy atom. The fourth-order valence-electron chi connectivity index (χ4n) is 2.00. The summed E-state index contributed by atoms with van der Waals surface area (Å²) < 4.78 is 49.3. The number of rotatable bonds is 6. The van der Waals surface area contributed by atoms with Gasteiger partial charge < -0.3 is 14.8 Å². The topological polar surface area (TPSA) is 63.2 Å². The van der Waals surface area contributed by atoms with Gasteiger partial charge in [-0.2, -0.15) is 23.3 Å². The number of benzene rings is 1. The van der Waals surface area contributed by atoms with Crippen molar-refractivity contribution in [2.24, 2.45) is 5.10 Å². The molecule has 1 heterocycles. The first-order chi connectivity index (χ1) is 10.9. The van der Waals surface area contributed by atoms with Crippen molar-refractivity contribution in [1.82, 2.24) is 0 Å². The quantitative estimate of drug-likeness (QED) is 0.814. The molecule has 0 atom stereocenters. The number of amides is 1. The van der Waals surface area contributed by atoms with Gasteiger partial charge >= 0.3 is 12.3 Å². The molecule has 1 N–H and O–H groups in total. The van der Waals surface area contributed by atoms with Gasteiger partial charge in [0.1, 0.15) is 6.61 Å². The van der Waals surface area contributed by atoms with Gasteiger partial charge in [-0.15, -0.1) is 0 Å². The predicted octanol–water partition coefficient (Wildman–Crippen LogP) is 3.10. The Balaban J connectivity index is 2.25. The van der Waals surface area contributed by atoms with E-state index in [9.17, 15) is 18.0 Å². The summed E-state index contributed by atoms with van der Waals surface area (Å²) in [5.41, 5.74) is -0.951. The Morgan fingerprint density at radius 3 is 2.87 bits per heavy atom. The molecule has 1 aliphatic rings. The van der Waals surface area contributed by atoms with Crippen LogP contribution < -0.4 is 10.3 Å². The number of nitrogens with zero attached hydrogens (tertiary/aromatic N) is 2. The summed E-state index contributed by atoms with van der Waals surface area (Å²) in [5.74, 6) is 0. The van der Waals surface area contributed by atoms with Crippen molar-refractivity contribution in [3.8, 4) is 0 Å². The first kappa shape index (κ1) is 17.1. The highest BCUT2D eigenvalue weighted by atomic mass is 19.4. The highest BCUT2D eigenvalue weighted by Crippen LogP contribution is 2.37. The van der Waals surface area contributed by atoms with Crippen molar-refractivity contribution >= 4 is 23.7 Å². The molecule has 0 fully saturated rings. The van der Waals surface area contributed by atoms with E-state index in [-0.39, 0.29) is 18.0 Å². The van der Waals surface area contributed by atoms with E-state index in [2.05, 4.69) is 10.4 Å². The Bertz CT molecular complexity index is 590. The molecule has 1 amide bonds. The lowest BCUT2D eigenvalue weighted by atomic mass is 10.1. The molecule has 0 bridgehead atoms. The molecule has 1 aromatic rings. The maximum Gasteiger partial charge on any atom is 0.435 e. The number of cyclic esters (lactones) is 1. The molecule has 0 radical (unpaired) electrons. The number of anilines is 2. The minimum Gasteiger partial charge on any atom is -0.442 e. The number of carbonyl (C=O) groups excluding carboxylic acids is 1. The van der Waals surface area contributed by atoms with E-state index in [0.717, 1.165) is 11.1 Å². The monoisotopic (exact) mass is 331 g/mol. The number of halogens is 3. The third-order valence-corrected chi connectivity index (χ3v) is 3.05. The Hall–Kier alpha value is -2.29. The lowest BCUT2D eigenvalue weighted by Gasteiger charge is -2.22. The lowest BCUT2D eigenvalue weighted by Crippen LogP contribution is -2.31. The molecule has 0 aliphatic carbocycles. The maximum absolute atomic E-state index is 13.2. The van der Waals surface area contributed by atoms with Gasteiger partial charge in [0.2, 0.25) is 0 Å². The van der Waals surface area contributed by atoms with Crippen LogP contribution in [0.25, 0.3) is 0 Å². The van der Waals surface area contributed by atoms with Crippen molar-refractivity contribution in [3.05, 3.63) is 23.8 Å². The summed E-state index contributed by atoms with van der Waals surface area (Å²) in [4.78, 5) is 11.6. The molecule has 1 aliphatic heterocycles. The fourth-order valence-corrected chi connectivity index (χ4v) is 2.00. The van der Waals surface area contributed by atoms with Gasteiger partial charge in [-0.25, -0.2) is 4.79 Å². The van der Waals surface area contributed by atoms with Crippen molar-refractivity contribution in [1.29, 1.82) is 0 Å². The SMILES string of the molecule is COCCCNc1ccc(N2N=CCOC2=O)cc1C(F)(F)F. The van der Waals surface area contributed by atoms with Crippen LogP contribution in [0.3, 0.4) is 0 Å². The summed E-state index contributed by atoms with van der Waals surface area (Å²) >= 11 is 0. The van der Waals surface area contributed by atoms with Gasteiger partial charge in [0.25, 0.3) is 0 Å². The molecule has 0 saturated heterocycles. The molecule has 126 valence electrons. The summed E-state index contributed by atoms with van der Waals surface area (Å²) in [6.45, 7) is 0.779. The average Bonchev–Trinajstić information content (AvgIpc) is 2.51. The van der Waals surface area contributed by atoms with Gasteiger partial charge in [-0.05, 0) is 24.6 Å². The minimum atomic E-state index is -4.57. The summed E-state index contributed by atoms with van der Waals surface area (Å²) in [7, 11) is 1.52. The molecule has 9 heteroatoms. The van der Waals surface area contributed by atoms with Crippen LogP contribution in [-0.4, -0.2) is 39.2 Å². The molecule has 0 saturated carbocycles. The highest BCUT2D eigenvalue weighted by molar-refractivity contribution is 5.91. The molecular formula is C14H16F3N3O3. The molecule has 23 heavy (non-hydrogen) atoms. The van der Waals surface area contributed by atoms with Crippen LogP contribution in [-0.2, 0) is 15.7 Å². The van der Waals surface area contributed by atoms with Crippen LogP contribution in [0, 0.1) is 0 Å². The molecule has 6 nitrogen and oxygen atoms in total. The van der Waals surface area contributed by atoms with Crippen molar-refractivity contribution in [2.75, 3.05) is 37.2 Å². The number of methoxy groups -OCH3 is 1. The number of alkyl halides is 3. The predicted molar refractivity (Wildman–Crippen MR) is 78.7 cm³/mol. The maximum atomic E-state index is 13.2. The molecular weight excluding hydrogens is 315 g/mol. The first-order valence-corrected chi connectivity index (χ1v) is 6.87. The number of hydrazone groups is 1. The van der Waals surface area contributed by atoms with E-state index in [1.54, 1.807) is 0 Å². The summed E-state index contributed by atoms with van der Waals surface area (Å²) in [5, 5.41) is 7.26. The smallest absolute Gasteiger partial charge is 0.435 e. The van der Waals surface area contributed by atoms with E-state index in [0.29, 0.717) is 19.6 Å². The second-order valence-corrected chi connectivity index (χ2v) is 4.69. The van der Waals surface area contributed by atoms with Crippen LogP contribution in [0.15, 0.2) is 23.3 Å². The van der Waals surface area contributed by atoms with Gasteiger partial charge in [0.05, 0.1) is 17.5 Å². The number of nitrogens with one attached hydrogen (secondary N) is 1.